The number of nitrogens with two attached hydrogens (primary N) is 1. The number of hydrogen-bond acceptors (Lipinski definition) is 24. The lowest BCUT2D eigenvalue weighted by Gasteiger charge is -2.39. The Bertz CT molecular complexity index is 3040. The van der Waals surface area contributed by atoms with E-state index in [2.05, 4.69) is 10.6 Å². The molecular formula is C63H90N6O22. The van der Waals surface area contributed by atoms with Gasteiger partial charge in [-0.3, -0.25) is 14.4 Å². The van der Waals surface area contributed by atoms with E-state index >= 15 is 0 Å². The van der Waals surface area contributed by atoms with Crippen molar-refractivity contribution in [1.29, 1.82) is 0 Å². The van der Waals surface area contributed by atoms with Crippen molar-refractivity contribution in [2.24, 2.45) is 5.73 Å². The number of pyridine rings is 2. The number of cyclic esters (lactones) is 1. The number of nitrogens with zero attached hydrogens (tertiary/aromatic N) is 3. The zero-order valence-corrected chi connectivity index (χ0v) is 52.3. The van der Waals surface area contributed by atoms with Gasteiger partial charge >= 0.3 is 12.1 Å². The fourth-order valence-electron chi connectivity index (χ4n) is 10.6. The largest absolute Gasteiger partial charge is 0.460 e. The van der Waals surface area contributed by atoms with Gasteiger partial charge in [0.05, 0.1) is 140 Å². The number of esters is 1. The van der Waals surface area contributed by atoms with Crippen LogP contribution in [0.4, 0.5) is 10.5 Å². The summed E-state index contributed by atoms with van der Waals surface area (Å²) < 4.78 is 67.8. The van der Waals surface area contributed by atoms with Gasteiger partial charge in [0.25, 0.3) is 5.56 Å². The van der Waals surface area contributed by atoms with Crippen LogP contribution < -0.4 is 26.7 Å². The predicted octanol–water partition coefficient (Wildman–Crippen LogP) is 1.55. The first-order valence-electron chi connectivity index (χ1n) is 31.0. The zero-order valence-electron chi connectivity index (χ0n) is 52.3. The van der Waals surface area contributed by atoms with Crippen molar-refractivity contribution in [1.82, 2.24) is 19.8 Å². The lowest BCUT2D eigenvalue weighted by molar-refractivity contribution is -0.277. The number of aliphatic hydroxyl groups excluding tert-OH is 4. The third kappa shape index (κ3) is 19.9. The molecule has 0 radical (unpaired) electrons. The van der Waals surface area contributed by atoms with Crippen molar-refractivity contribution in [3.63, 3.8) is 0 Å². The molecule has 91 heavy (non-hydrogen) atoms. The van der Waals surface area contributed by atoms with E-state index in [1.807, 2.05) is 38.1 Å². The highest BCUT2D eigenvalue weighted by molar-refractivity contribution is 5.98. The van der Waals surface area contributed by atoms with Crippen LogP contribution in [0, 0.1) is 0 Å². The van der Waals surface area contributed by atoms with Gasteiger partial charge in [0.2, 0.25) is 18.1 Å². The Labute approximate surface area is 528 Å². The molecule has 28 nitrogen and oxygen atoms in total. The van der Waals surface area contributed by atoms with Crippen LogP contribution in [0.15, 0.2) is 53.3 Å². The SMILES string of the molecule is CC[C@@]1(O)C(=O)OCc2c1cc1n(c2=O)Cc2c-1nc1ccccc1c2CCN(C(=O)OCc1ccc(OC2OC(CO)[C@@H](O)[C@H](O)[C@H]2O)c(NC(=O)C(CCCCN)NC(=O)CCOCCOCCOCCOCCOCCOCCOCCOC)c1)C(C)C. The summed E-state index contributed by atoms with van der Waals surface area (Å²) in [7, 11) is 1.62. The van der Waals surface area contributed by atoms with E-state index in [9.17, 15) is 49.5 Å². The van der Waals surface area contributed by atoms with Gasteiger partial charge in [-0.05, 0) is 87.9 Å². The molecule has 7 rings (SSSR count). The quantitative estimate of drug-likeness (QED) is 0.0203. The van der Waals surface area contributed by atoms with Crippen molar-refractivity contribution in [2.45, 2.75) is 127 Å². The summed E-state index contributed by atoms with van der Waals surface area (Å²) in [6, 6.07) is 12.1. The van der Waals surface area contributed by atoms with E-state index in [-0.39, 0.29) is 94.0 Å². The Morgan fingerprint density at radius 1 is 0.813 bits per heavy atom. The molecule has 0 bridgehead atoms. The molecule has 1 saturated heterocycles. The van der Waals surface area contributed by atoms with Gasteiger partial charge in [-0.1, -0.05) is 31.2 Å². The summed E-state index contributed by atoms with van der Waals surface area (Å²) in [4.78, 5) is 75.2. The van der Waals surface area contributed by atoms with Gasteiger partial charge in [-0.25, -0.2) is 14.6 Å². The zero-order chi connectivity index (χ0) is 65.3. The summed E-state index contributed by atoms with van der Waals surface area (Å²) in [5.41, 5.74) is 7.34. The standard InChI is InChI=1S/C63H90N6O22/c1-5-63(79)46-35-50-54-44(36-69(50)59(76)45(46)39-88-61(63)77)42(43-10-6-7-11-47(43)66-54)15-18-68(40(2)3)62(78)89-38-41-13-14-51(90-60-57(74)56(73)55(72)52(37-70)91-60)49(34-41)67-58(75)48(12-8-9-17-64)65-53(71)16-19-81-22-23-83-26-27-85-30-31-87-33-32-86-29-28-84-25-24-82-21-20-80-4/h6-7,10-11,13-14,34-35,40,48,52,55-57,60,70,72-74,79H,5,8-9,12,15-33,36-39,64H2,1-4H3,(H,65,71)(H,67,75)/t48?,52?,55-,56+,57-,60?,63+/m1/s1. The molecule has 3 aliphatic heterocycles. The third-order valence-corrected chi connectivity index (χ3v) is 15.7. The highest BCUT2D eigenvalue weighted by Gasteiger charge is 2.47. The number of fused-ring (bicyclic) bond motifs is 5. The van der Waals surface area contributed by atoms with Crippen molar-refractivity contribution >= 4 is 40.5 Å². The molecule has 4 aromatic rings. The fraction of sp³-hybridized carbons (Fsp3) is 0.619. The molecule has 0 saturated carbocycles. The second kappa shape index (κ2) is 36.8. The Kier molecular flexibility index (Phi) is 29.2. The van der Waals surface area contributed by atoms with Crippen LogP contribution in [0.2, 0.25) is 0 Å². The summed E-state index contributed by atoms with van der Waals surface area (Å²) >= 11 is 0. The molecule has 2 aromatic heterocycles. The number of aliphatic hydroxyl groups is 5. The molecule has 2 aromatic carbocycles. The molecule has 3 aliphatic rings. The van der Waals surface area contributed by atoms with Crippen LogP contribution in [0.3, 0.4) is 0 Å². The normalized spacial score (nSPS) is 19.6. The molecule has 28 heteroatoms. The van der Waals surface area contributed by atoms with Gasteiger partial charge in [-0.2, -0.15) is 0 Å². The molecule has 3 amide bonds. The molecule has 1 fully saturated rings. The Morgan fingerprint density at radius 3 is 2.04 bits per heavy atom. The molecule has 0 spiro atoms. The number of carbonyl (C=O) groups is 4. The Morgan fingerprint density at radius 2 is 1.44 bits per heavy atom. The average molecular weight is 1280 g/mol. The lowest BCUT2D eigenvalue weighted by atomic mass is 9.86. The van der Waals surface area contributed by atoms with Gasteiger partial charge < -0.3 is 108 Å². The number of rotatable bonds is 41. The van der Waals surface area contributed by atoms with Crippen molar-refractivity contribution in [2.75, 3.05) is 131 Å². The van der Waals surface area contributed by atoms with Crippen LogP contribution in [0.1, 0.15) is 80.7 Å². The van der Waals surface area contributed by atoms with E-state index in [0.29, 0.717) is 128 Å². The Balaban J connectivity index is 0.931. The number of ether oxygens (including phenoxy) is 12. The van der Waals surface area contributed by atoms with Crippen molar-refractivity contribution < 1.29 is 102 Å². The fourth-order valence-corrected chi connectivity index (χ4v) is 10.6. The monoisotopic (exact) mass is 1280 g/mol. The first kappa shape index (κ1) is 72.1. The van der Waals surface area contributed by atoms with E-state index in [0.717, 1.165) is 16.5 Å². The van der Waals surface area contributed by atoms with E-state index in [1.165, 1.54) is 18.2 Å². The van der Waals surface area contributed by atoms with Crippen LogP contribution >= 0.6 is 0 Å². The number of anilines is 1. The van der Waals surface area contributed by atoms with E-state index in [4.69, 9.17) is 67.6 Å². The second-order valence-electron chi connectivity index (χ2n) is 22.2. The molecular weight excluding hydrogens is 1190 g/mol. The molecule has 3 unspecified atom stereocenters. The minimum atomic E-state index is -2.00. The summed E-state index contributed by atoms with van der Waals surface area (Å²) in [6.45, 7) is 10.4. The number of methoxy groups -OCH3 is 1. The second-order valence-corrected chi connectivity index (χ2v) is 22.2. The van der Waals surface area contributed by atoms with Crippen LogP contribution in [0.5, 0.6) is 5.75 Å². The number of carbonyl (C=O) groups excluding carboxylic acids is 4. The predicted molar refractivity (Wildman–Crippen MR) is 327 cm³/mol. The molecule has 0 aliphatic carbocycles. The molecule has 504 valence electrons. The van der Waals surface area contributed by atoms with Crippen molar-refractivity contribution in [3.05, 3.63) is 86.7 Å². The number of aromatic nitrogens is 2. The van der Waals surface area contributed by atoms with Gasteiger partial charge in [0.1, 0.15) is 49.4 Å². The number of amides is 3. The highest BCUT2D eigenvalue weighted by Crippen LogP contribution is 2.41. The van der Waals surface area contributed by atoms with E-state index < -0.39 is 78.4 Å². The maximum atomic E-state index is 14.3. The van der Waals surface area contributed by atoms with Gasteiger partial charge in [0.15, 0.2) is 5.60 Å². The number of unbranched alkanes of at least 4 members (excludes halogenated alkanes) is 1. The minimum absolute atomic E-state index is 0.00819. The first-order chi connectivity index (χ1) is 44.0. The summed E-state index contributed by atoms with van der Waals surface area (Å²) in [5.74, 6) is -2.05. The molecule has 9 N–H and O–H groups in total. The van der Waals surface area contributed by atoms with E-state index in [1.54, 1.807) is 29.6 Å². The number of nitrogens with one attached hydrogen (secondary N) is 2. The van der Waals surface area contributed by atoms with Crippen LogP contribution in [-0.4, -0.2) is 233 Å². The maximum Gasteiger partial charge on any atom is 0.410 e. The maximum absolute atomic E-state index is 14.3. The topological polar surface area (TPSA) is 368 Å². The third-order valence-electron chi connectivity index (χ3n) is 15.7. The molecule has 5 heterocycles. The summed E-state index contributed by atoms with van der Waals surface area (Å²) in [5, 5.41) is 59.7. The van der Waals surface area contributed by atoms with Crippen LogP contribution in [-0.2, 0) is 98.3 Å². The number of hydrogen-bond donors (Lipinski definition) is 8. The highest BCUT2D eigenvalue weighted by atomic mass is 16.7. The van der Waals surface area contributed by atoms with Crippen molar-refractivity contribution in [3.8, 4) is 17.1 Å². The average Bonchev–Trinajstić information content (AvgIpc) is 1.65. The van der Waals surface area contributed by atoms with Gasteiger partial charge in [-0.15, -0.1) is 0 Å². The number of para-hydroxylation sites is 1. The Hall–Kier alpha value is -6.32. The van der Waals surface area contributed by atoms with Gasteiger partial charge in [0, 0.05) is 42.6 Å². The first-order valence-corrected chi connectivity index (χ1v) is 31.0. The lowest BCUT2D eigenvalue weighted by Crippen LogP contribution is -2.60. The number of benzene rings is 2. The minimum Gasteiger partial charge on any atom is -0.460 e. The summed E-state index contributed by atoms with van der Waals surface area (Å²) in [6.07, 6.45) is -7.47. The smallest absolute Gasteiger partial charge is 0.410 e. The van der Waals surface area contributed by atoms with Crippen LogP contribution in [0.25, 0.3) is 22.3 Å². The molecule has 7 atom stereocenters.